The van der Waals surface area contributed by atoms with E-state index in [-0.39, 0.29) is 22.9 Å². The molecule has 0 saturated heterocycles. The minimum absolute atomic E-state index is 0.149. The van der Waals surface area contributed by atoms with Crippen molar-refractivity contribution in [3.05, 3.63) is 62.8 Å². The van der Waals surface area contributed by atoms with Gasteiger partial charge in [-0.1, -0.05) is 20.8 Å². The standard InChI is InChI=1S/C19H19N7O2/c1-10(2)13-5-4-12-7-22-26(19(28)16(12)23-13)8-11(3)14-6-15-17(25-24-14)18(27)21-9-20-15/h4-7,9-11H,8H2,1-3H3,(H,20,21,27). The quantitative estimate of drug-likeness (QED) is 0.575. The highest BCUT2D eigenvalue weighted by atomic mass is 16.1. The third-order valence-electron chi connectivity index (χ3n) is 4.68. The number of fused-ring (bicyclic) bond motifs is 2. The van der Waals surface area contributed by atoms with E-state index in [1.165, 1.54) is 11.0 Å². The molecule has 0 fully saturated rings. The van der Waals surface area contributed by atoms with Crippen LogP contribution in [0.5, 0.6) is 0 Å². The third kappa shape index (κ3) is 3.15. The van der Waals surface area contributed by atoms with Crippen LogP contribution in [0.4, 0.5) is 0 Å². The van der Waals surface area contributed by atoms with Crippen molar-refractivity contribution in [1.82, 2.24) is 34.9 Å². The number of hydrogen-bond donors (Lipinski definition) is 1. The molecule has 142 valence electrons. The number of hydrogen-bond acceptors (Lipinski definition) is 7. The lowest BCUT2D eigenvalue weighted by Gasteiger charge is -2.13. The predicted octanol–water partition coefficient (Wildman–Crippen LogP) is 1.75. The number of nitrogens with one attached hydrogen (secondary N) is 1. The van der Waals surface area contributed by atoms with Gasteiger partial charge in [-0.3, -0.25) is 9.59 Å². The molecule has 0 aromatic carbocycles. The van der Waals surface area contributed by atoms with Crippen molar-refractivity contribution in [3.8, 4) is 0 Å². The maximum atomic E-state index is 12.9. The Morgan fingerprint density at radius 1 is 1.07 bits per heavy atom. The third-order valence-corrected chi connectivity index (χ3v) is 4.68. The Hall–Kier alpha value is -3.49. The van der Waals surface area contributed by atoms with Crippen molar-refractivity contribution >= 4 is 21.9 Å². The van der Waals surface area contributed by atoms with Crippen molar-refractivity contribution in [2.75, 3.05) is 0 Å². The van der Waals surface area contributed by atoms with Gasteiger partial charge in [0.2, 0.25) is 0 Å². The average molecular weight is 377 g/mol. The molecule has 28 heavy (non-hydrogen) atoms. The molecule has 0 saturated carbocycles. The van der Waals surface area contributed by atoms with E-state index in [9.17, 15) is 9.59 Å². The topological polar surface area (TPSA) is 119 Å². The van der Waals surface area contributed by atoms with E-state index in [1.807, 2.05) is 32.9 Å². The Labute approximate surface area is 159 Å². The number of nitrogens with zero attached hydrogens (tertiary/aromatic N) is 6. The molecule has 1 N–H and O–H groups in total. The zero-order valence-electron chi connectivity index (χ0n) is 15.7. The number of aromatic amines is 1. The van der Waals surface area contributed by atoms with Crippen LogP contribution in [0.3, 0.4) is 0 Å². The van der Waals surface area contributed by atoms with Gasteiger partial charge < -0.3 is 4.98 Å². The first-order chi connectivity index (χ1) is 13.4. The maximum Gasteiger partial charge on any atom is 0.301 e. The van der Waals surface area contributed by atoms with Crippen LogP contribution < -0.4 is 11.1 Å². The van der Waals surface area contributed by atoms with Crippen molar-refractivity contribution < 1.29 is 0 Å². The van der Waals surface area contributed by atoms with Crippen LogP contribution in [0.2, 0.25) is 0 Å². The molecule has 4 aromatic rings. The smallest absolute Gasteiger partial charge is 0.301 e. The summed E-state index contributed by atoms with van der Waals surface area (Å²) in [6.07, 6.45) is 2.98. The summed E-state index contributed by atoms with van der Waals surface area (Å²) in [5, 5.41) is 13.1. The van der Waals surface area contributed by atoms with Crippen LogP contribution in [0, 0.1) is 0 Å². The van der Waals surface area contributed by atoms with E-state index < -0.39 is 5.56 Å². The van der Waals surface area contributed by atoms with Crippen molar-refractivity contribution in [3.63, 3.8) is 0 Å². The van der Waals surface area contributed by atoms with Gasteiger partial charge in [-0.2, -0.15) is 15.2 Å². The molecular weight excluding hydrogens is 358 g/mol. The fraction of sp³-hybridized carbons (Fsp3) is 0.316. The zero-order chi connectivity index (χ0) is 19.8. The van der Waals surface area contributed by atoms with Crippen molar-refractivity contribution in [1.29, 1.82) is 0 Å². The van der Waals surface area contributed by atoms with Crippen LogP contribution in [0.1, 0.15) is 44.0 Å². The Morgan fingerprint density at radius 2 is 1.89 bits per heavy atom. The van der Waals surface area contributed by atoms with Crippen LogP contribution >= 0.6 is 0 Å². The first kappa shape index (κ1) is 17.9. The molecule has 4 heterocycles. The van der Waals surface area contributed by atoms with E-state index >= 15 is 0 Å². The van der Waals surface area contributed by atoms with Gasteiger partial charge in [-0.15, -0.1) is 5.10 Å². The number of pyridine rings is 1. The van der Waals surface area contributed by atoms with Crippen molar-refractivity contribution in [2.45, 2.75) is 39.2 Å². The second kappa shape index (κ2) is 6.91. The Balaban J connectivity index is 1.70. The molecule has 9 heteroatoms. The minimum atomic E-state index is -0.431. The summed E-state index contributed by atoms with van der Waals surface area (Å²) >= 11 is 0. The van der Waals surface area contributed by atoms with E-state index in [4.69, 9.17) is 0 Å². The fourth-order valence-electron chi connectivity index (χ4n) is 3.01. The highest BCUT2D eigenvalue weighted by molar-refractivity contribution is 5.76. The maximum absolute atomic E-state index is 12.9. The second-order valence-electron chi connectivity index (χ2n) is 7.10. The van der Waals surface area contributed by atoms with E-state index in [2.05, 4.69) is 30.2 Å². The summed E-state index contributed by atoms with van der Waals surface area (Å²) < 4.78 is 1.39. The van der Waals surface area contributed by atoms with Gasteiger partial charge in [-0.05, 0) is 24.1 Å². The molecular formula is C19H19N7O2. The molecule has 9 nitrogen and oxygen atoms in total. The molecule has 0 bridgehead atoms. The number of aromatic nitrogens is 7. The monoisotopic (exact) mass is 377 g/mol. The Bertz CT molecular complexity index is 1290. The lowest BCUT2D eigenvalue weighted by molar-refractivity contribution is 0.510. The molecule has 1 unspecified atom stereocenters. The molecule has 0 spiro atoms. The minimum Gasteiger partial charge on any atom is -0.344 e. The summed E-state index contributed by atoms with van der Waals surface area (Å²) in [6, 6.07) is 5.54. The average Bonchev–Trinajstić information content (AvgIpc) is 2.69. The van der Waals surface area contributed by atoms with Crippen LogP contribution in [0.25, 0.3) is 21.9 Å². The lowest BCUT2D eigenvalue weighted by atomic mass is 10.1. The number of H-pyrrole nitrogens is 1. The predicted molar refractivity (Wildman–Crippen MR) is 104 cm³/mol. The summed E-state index contributed by atoms with van der Waals surface area (Å²) in [6.45, 7) is 6.31. The molecule has 0 aliphatic rings. The largest absolute Gasteiger partial charge is 0.344 e. The molecule has 4 rings (SSSR count). The van der Waals surface area contributed by atoms with Gasteiger partial charge in [0, 0.05) is 17.0 Å². The SMILES string of the molecule is CC(C)c1ccc2cnn(CC(C)c3cc4[nH]cnc(=O)c4nn3)c(=O)c2n1. The summed E-state index contributed by atoms with van der Waals surface area (Å²) in [7, 11) is 0. The molecule has 1 atom stereocenters. The van der Waals surface area contributed by atoms with Gasteiger partial charge >= 0.3 is 5.56 Å². The zero-order valence-corrected chi connectivity index (χ0v) is 15.7. The lowest BCUT2D eigenvalue weighted by Crippen LogP contribution is -2.26. The van der Waals surface area contributed by atoms with E-state index in [1.54, 1.807) is 12.3 Å². The first-order valence-corrected chi connectivity index (χ1v) is 9.02. The fourth-order valence-corrected chi connectivity index (χ4v) is 3.01. The second-order valence-corrected chi connectivity index (χ2v) is 7.10. The van der Waals surface area contributed by atoms with Gasteiger partial charge in [-0.25, -0.2) is 9.67 Å². The Morgan fingerprint density at radius 3 is 2.68 bits per heavy atom. The summed E-state index contributed by atoms with van der Waals surface area (Å²) in [5.74, 6) is 0.0818. The summed E-state index contributed by atoms with van der Waals surface area (Å²) in [4.78, 5) is 35.6. The van der Waals surface area contributed by atoms with Crippen LogP contribution in [-0.4, -0.2) is 34.9 Å². The molecule has 0 aliphatic carbocycles. The molecule has 0 radical (unpaired) electrons. The van der Waals surface area contributed by atoms with Gasteiger partial charge in [0.1, 0.15) is 5.52 Å². The van der Waals surface area contributed by atoms with E-state index in [0.29, 0.717) is 28.7 Å². The molecule has 4 aromatic heterocycles. The van der Waals surface area contributed by atoms with Gasteiger partial charge in [0.15, 0.2) is 5.52 Å². The van der Waals surface area contributed by atoms with Gasteiger partial charge in [0.05, 0.1) is 30.3 Å². The highest BCUT2D eigenvalue weighted by Crippen LogP contribution is 2.17. The van der Waals surface area contributed by atoms with Crippen LogP contribution in [-0.2, 0) is 6.54 Å². The number of rotatable bonds is 4. The Kier molecular flexibility index (Phi) is 4.42. The van der Waals surface area contributed by atoms with Crippen LogP contribution in [0.15, 0.2) is 40.3 Å². The summed E-state index contributed by atoms with van der Waals surface area (Å²) in [5.41, 5.74) is 2.00. The van der Waals surface area contributed by atoms with Gasteiger partial charge in [0.25, 0.3) is 5.56 Å². The molecule has 0 aliphatic heterocycles. The highest BCUT2D eigenvalue weighted by Gasteiger charge is 2.15. The van der Waals surface area contributed by atoms with Crippen molar-refractivity contribution in [2.24, 2.45) is 0 Å². The normalized spacial score (nSPS) is 12.7. The molecule has 0 amide bonds. The van der Waals surface area contributed by atoms with E-state index in [0.717, 1.165) is 5.69 Å². The first-order valence-electron chi connectivity index (χ1n) is 9.02.